The molecule has 7 nitrogen and oxygen atoms in total. The lowest BCUT2D eigenvalue weighted by atomic mass is 10.2. The Kier molecular flexibility index (Phi) is 7.15. The maximum absolute atomic E-state index is 12.6. The van der Waals surface area contributed by atoms with E-state index in [0.29, 0.717) is 41.7 Å². The average molecular weight is 441 g/mol. The molecule has 2 N–H and O–H groups in total. The summed E-state index contributed by atoms with van der Waals surface area (Å²) < 4.78 is 38.6. The minimum absolute atomic E-state index is 0.0917. The van der Waals surface area contributed by atoms with Crippen LogP contribution < -0.4 is 19.5 Å². The molecule has 0 bridgehead atoms. The molecule has 0 aliphatic heterocycles. The van der Waals surface area contributed by atoms with Crippen LogP contribution in [0.5, 0.6) is 11.5 Å². The quantitative estimate of drug-likeness (QED) is 0.510. The van der Waals surface area contributed by atoms with Crippen LogP contribution in [-0.4, -0.2) is 27.5 Å². The van der Waals surface area contributed by atoms with Gasteiger partial charge >= 0.3 is 0 Å². The van der Waals surface area contributed by atoms with Crippen molar-refractivity contribution in [1.29, 1.82) is 0 Å². The molecule has 0 saturated carbocycles. The molecule has 0 saturated heterocycles. The number of para-hydroxylation sites is 1. The third kappa shape index (κ3) is 5.76. The topological polar surface area (TPSA) is 93.7 Å². The fraction of sp³-hybridized carbons (Fsp3) is 0.174. The number of anilines is 2. The van der Waals surface area contributed by atoms with Crippen molar-refractivity contribution in [3.63, 3.8) is 0 Å². The van der Waals surface area contributed by atoms with Crippen LogP contribution in [0.3, 0.4) is 0 Å². The van der Waals surface area contributed by atoms with Crippen molar-refractivity contribution >= 4 is 27.3 Å². The van der Waals surface area contributed by atoms with Crippen LogP contribution in [0.25, 0.3) is 0 Å². The van der Waals surface area contributed by atoms with Gasteiger partial charge in [0.15, 0.2) is 11.5 Å². The third-order valence-electron chi connectivity index (χ3n) is 4.25. The minimum atomic E-state index is -3.73. The number of carbonyl (C=O) groups is 1. The Hall–Kier alpha value is -3.52. The van der Waals surface area contributed by atoms with Gasteiger partial charge in [-0.3, -0.25) is 9.52 Å². The van der Waals surface area contributed by atoms with E-state index in [1.54, 1.807) is 48.5 Å². The lowest BCUT2D eigenvalue weighted by Crippen LogP contribution is -2.14. The molecule has 162 valence electrons. The van der Waals surface area contributed by atoms with Gasteiger partial charge in [0, 0.05) is 16.9 Å². The number of hydrogen-bond donors (Lipinski definition) is 2. The Bertz CT molecular complexity index is 1130. The van der Waals surface area contributed by atoms with Gasteiger partial charge in [-0.2, -0.15) is 0 Å². The van der Waals surface area contributed by atoms with Crippen LogP contribution in [0.1, 0.15) is 24.2 Å². The molecule has 0 radical (unpaired) electrons. The second-order valence-corrected chi connectivity index (χ2v) is 8.16. The summed E-state index contributed by atoms with van der Waals surface area (Å²) in [5.41, 5.74) is 1.34. The van der Waals surface area contributed by atoms with Gasteiger partial charge in [0.05, 0.1) is 18.1 Å². The Labute approximate surface area is 182 Å². The van der Waals surface area contributed by atoms with Crippen LogP contribution in [0.4, 0.5) is 11.4 Å². The van der Waals surface area contributed by atoms with Gasteiger partial charge < -0.3 is 14.8 Å². The van der Waals surface area contributed by atoms with Gasteiger partial charge in [-0.15, -0.1) is 0 Å². The molecule has 0 aliphatic carbocycles. The Morgan fingerprint density at radius 3 is 2.10 bits per heavy atom. The van der Waals surface area contributed by atoms with Crippen molar-refractivity contribution in [2.75, 3.05) is 23.3 Å². The summed E-state index contributed by atoms with van der Waals surface area (Å²) >= 11 is 0. The smallest absolute Gasteiger partial charge is 0.261 e. The first-order valence-corrected chi connectivity index (χ1v) is 11.3. The molecule has 3 rings (SSSR count). The Balaban J connectivity index is 1.72. The fourth-order valence-electron chi connectivity index (χ4n) is 2.83. The van der Waals surface area contributed by atoms with Crippen molar-refractivity contribution in [3.8, 4) is 11.5 Å². The molecule has 31 heavy (non-hydrogen) atoms. The molecule has 1 amide bonds. The number of sulfonamides is 1. The average Bonchev–Trinajstić information content (AvgIpc) is 2.76. The van der Waals surface area contributed by atoms with Crippen molar-refractivity contribution < 1.29 is 22.7 Å². The standard InChI is InChI=1S/C23H24N2O5S/c1-3-29-21-15-10-17(16-22(21)30-4-2)23(26)24-18-11-13-20(14-12-18)31(27,28)25-19-8-6-5-7-9-19/h5-16,25H,3-4H2,1-2H3,(H,24,26). The van der Waals surface area contributed by atoms with Crippen LogP contribution in [-0.2, 0) is 10.0 Å². The van der Waals surface area contributed by atoms with E-state index in [4.69, 9.17) is 9.47 Å². The van der Waals surface area contributed by atoms with E-state index in [2.05, 4.69) is 10.0 Å². The Morgan fingerprint density at radius 2 is 1.45 bits per heavy atom. The van der Waals surface area contributed by atoms with Crippen molar-refractivity contribution in [3.05, 3.63) is 78.4 Å². The molecule has 0 spiro atoms. The first-order chi connectivity index (χ1) is 14.9. The van der Waals surface area contributed by atoms with Crippen LogP contribution in [0, 0.1) is 0 Å². The lowest BCUT2D eigenvalue weighted by Gasteiger charge is -2.13. The van der Waals surface area contributed by atoms with E-state index in [1.807, 2.05) is 13.8 Å². The van der Waals surface area contributed by atoms with Gasteiger partial charge in [-0.05, 0) is 68.4 Å². The zero-order valence-electron chi connectivity index (χ0n) is 17.3. The third-order valence-corrected chi connectivity index (χ3v) is 5.65. The number of rotatable bonds is 9. The van der Waals surface area contributed by atoms with Gasteiger partial charge in [-0.25, -0.2) is 8.42 Å². The highest BCUT2D eigenvalue weighted by molar-refractivity contribution is 7.92. The van der Waals surface area contributed by atoms with Gasteiger partial charge in [0.25, 0.3) is 15.9 Å². The highest BCUT2D eigenvalue weighted by Gasteiger charge is 2.15. The molecular formula is C23H24N2O5S. The summed E-state index contributed by atoms with van der Waals surface area (Å²) in [6.45, 7) is 4.65. The number of benzene rings is 3. The van der Waals surface area contributed by atoms with Crippen molar-refractivity contribution in [2.24, 2.45) is 0 Å². The second kappa shape index (κ2) is 9.99. The highest BCUT2D eigenvalue weighted by Crippen LogP contribution is 2.29. The fourth-order valence-corrected chi connectivity index (χ4v) is 3.89. The summed E-state index contributed by atoms with van der Waals surface area (Å²) in [6, 6.07) is 19.5. The lowest BCUT2D eigenvalue weighted by molar-refractivity contribution is 0.102. The van der Waals surface area contributed by atoms with Crippen molar-refractivity contribution in [2.45, 2.75) is 18.7 Å². The van der Waals surface area contributed by atoms with Crippen molar-refractivity contribution in [1.82, 2.24) is 0 Å². The van der Waals surface area contributed by atoms with Gasteiger partial charge in [0.1, 0.15) is 0 Å². The molecule has 3 aromatic rings. The molecule has 8 heteroatoms. The first kappa shape index (κ1) is 22.2. The first-order valence-electron chi connectivity index (χ1n) is 9.82. The molecule has 3 aromatic carbocycles. The summed E-state index contributed by atoms with van der Waals surface area (Å²) in [5.74, 6) is 0.717. The monoisotopic (exact) mass is 440 g/mol. The van der Waals surface area contributed by atoms with E-state index in [0.717, 1.165) is 0 Å². The molecule has 0 heterocycles. The molecule has 0 aromatic heterocycles. The van der Waals surface area contributed by atoms with E-state index in [1.165, 1.54) is 24.3 Å². The van der Waals surface area contributed by atoms with Crippen LogP contribution in [0.15, 0.2) is 77.7 Å². The summed E-state index contributed by atoms with van der Waals surface area (Å²) in [5, 5.41) is 2.76. The molecule has 0 fully saturated rings. The van der Waals surface area contributed by atoms with Crippen LogP contribution >= 0.6 is 0 Å². The highest BCUT2D eigenvalue weighted by atomic mass is 32.2. The SMILES string of the molecule is CCOc1ccc(C(=O)Nc2ccc(S(=O)(=O)Nc3ccccc3)cc2)cc1OCC. The summed E-state index contributed by atoms with van der Waals surface area (Å²) in [7, 11) is -3.73. The van der Waals surface area contributed by atoms with E-state index in [9.17, 15) is 13.2 Å². The molecule has 0 atom stereocenters. The number of amides is 1. The summed E-state index contributed by atoms with van der Waals surface area (Å²) in [6.07, 6.45) is 0. The molecule has 0 aliphatic rings. The maximum Gasteiger partial charge on any atom is 0.261 e. The number of ether oxygens (including phenoxy) is 2. The van der Waals surface area contributed by atoms with E-state index < -0.39 is 10.0 Å². The molecular weight excluding hydrogens is 416 g/mol. The zero-order valence-corrected chi connectivity index (χ0v) is 18.1. The second-order valence-electron chi connectivity index (χ2n) is 6.48. The van der Waals surface area contributed by atoms with E-state index >= 15 is 0 Å². The van der Waals surface area contributed by atoms with Gasteiger partial charge in [-0.1, -0.05) is 18.2 Å². The van der Waals surface area contributed by atoms with E-state index in [-0.39, 0.29) is 10.8 Å². The predicted molar refractivity (Wildman–Crippen MR) is 120 cm³/mol. The summed E-state index contributed by atoms with van der Waals surface area (Å²) in [4.78, 5) is 12.7. The normalized spacial score (nSPS) is 10.9. The Morgan fingerprint density at radius 1 is 0.806 bits per heavy atom. The molecule has 0 unspecified atom stereocenters. The van der Waals surface area contributed by atoms with Crippen LogP contribution in [0.2, 0.25) is 0 Å². The zero-order chi connectivity index (χ0) is 22.3. The number of nitrogens with one attached hydrogen (secondary N) is 2. The van der Waals surface area contributed by atoms with Gasteiger partial charge in [0.2, 0.25) is 0 Å². The minimum Gasteiger partial charge on any atom is -0.490 e. The maximum atomic E-state index is 12.6. The number of hydrogen-bond acceptors (Lipinski definition) is 5. The largest absolute Gasteiger partial charge is 0.490 e. The predicted octanol–water partition coefficient (Wildman–Crippen LogP) is 4.54. The number of carbonyl (C=O) groups excluding carboxylic acids is 1.